The van der Waals surface area contributed by atoms with Crippen LogP contribution in [0.25, 0.3) is 0 Å². The zero-order valence-electron chi connectivity index (χ0n) is 8.97. The summed E-state index contributed by atoms with van der Waals surface area (Å²) >= 11 is 3.44. The Kier molecular flexibility index (Phi) is 3.60. The lowest BCUT2D eigenvalue weighted by Gasteiger charge is -2.17. The van der Waals surface area contributed by atoms with Gasteiger partial charge in [-0.05, 0) is 31.0 Å². The van der Waals surface area contributed by atoms with Crippen molar-refractivity contribution in [2.75, 3.05) is 13.2 Å². The summed E-state index contributed by atoms with van der Waals surface area (Å²) in [6, 6.07) is 2.52. The predicted octanol–water partition coefficient (Wildman–Crippen LogP) is 3.75. The van der Waals surface area contributed by atoms with E-state index in [1.165, 1.54) is 12.1 Å². The van der Waals surface area contributed by atoms with Gasteiger partial charge in [-0.2, -0.15) is 0 Å². The van der Waals surface area contributed by atoms with E-state index in [1.807, 2.05) is 0 Å². The number of alkyl halides is 1. The minimum absolute atomic E-state index is 0.176. The summed E-state index contributed by atoms with van der Waals surface area (Å²) in [6.45, 7) is 2.86. The van der Waals surface area contributed by atoms with E-state index in [0.717, 1.165) is 6.42 Å². The first kappa shape index (κ1) is 12.0. The molecular weight excluding hydrogens is 278 g/mol. The van der Waals surface area contributed by atoms with Crippen LogP contribution in [-0.2, 0) is 4.74 Å². The average Bonchev–Trinajstić information content (AvgIpc) is 2.75. The molecule has 2 atom stereocenters. The lowest BCUT2D eigenvalue weighted by atomic mass is 9.97. The molecule has 1 aromatic carbocycles. The standard InChI is InChI=1S/C12H13BrF2O/c1-7-4-11(15)9(5-10(7)14)12(13)8-2-3-16-6-8/h4-5,8,12H,2-3,6H2,1H3. The van der Waals surface area contributed by atoms with Gasteiger partial charge >= 0.3 is 0 Å². The summed E-state index contributed by atoms with van der Waals surface area (Å²) in [5, 5.41) is 0. The van der Waals surface area contributed by atoms with Crippen molar-refractivity contribution in [3.8, 4) is 0 Å². The summed E-state index contributed by atoms with van der Waals surface area (Å²) in [4.78, 5) is -0.176. The highest BCUT2D eigenvalue weighted by molar-refractivity contribution is 9.09. The van der Waals surface area contributed by atoms with Gasteiger partial charge in [-0.1, -0.05) is 15.9 Å². The third-order valence-electron chi connectivity index (χ3n) is 2.95. The fraction of sp³-hybridized carbons (Fsp3) is 0.500. The molecule has 16 heavy (non-hydrogen) atoms. The normalized spacial score (nSPS) is 22.4. The number of hydrogen-bond donors (Lipinski definition) is 0. The smallest absolute Gasteiger partial charge is 0.128 e. The molecule has 1 aliphatic heterocycles. The van der Waals surface area contributed by atoms with Crippen LogP contribution in [0.15, 0.2) is 12.1 Å². The van der Waals surface area contributed by atoms with E-state index in [0.29, 0.717) is 24.3 Å². The lowest BCUT2D eigenvalue weighted by Crippen LogP contribution is -2.09. The Morgan fingerprint density at radius 3 is 2.75 bits per heavy atom. The maximum absolute atomic E-state index is 13.7. The van der Waals surface area contributed by atoms with Gasteiger partial charge < -0.3 is 4.74 Å². The molecule has 4 heteroatoms. The molecule has 0 radical (unpaired) electrons. The largest absolute Gasteiger partial charge is 0.381 e. The molecule has 0 spiro atoms. The van der Waals surface area contributed by atoms with Gasteiger partial charge in [0.2, 0.25) is 0 Å². The first-order valence-electron chi connectivity index (χ1n) is 5.27. The van der Waals surface area contributed by atoms with Gasteiger partial charge in [0.1, 0.15) is 11.6 Å². The van der Waals surface area contributed by atoms with Gasteiger partial charge in [-0.3, -0.25) is 0 Å². The number of rotatable bonds is 2. The Balaban J connectivity index is 2.28. The summed E-state index contributed by atoms with van der Waals surface area (Å²) in [5.74, 6) is -0.496. The van der Waals surface area contributed by atoms with Crippen molar-refractivity contribution in [1.29, 1.82) is 0 Å². The van der Waals surface area contributed by atoms with Crippen molar-refractivity contribution >= 4 is 15.9 Å². The van der Waals surface area contributed by atoms with Crippen LogP contribution >= 0.6 is 15.9 Å². The van der Waals surface area contributed by atoms with Crippen molar-refractivity contribution < 1.29 is 13.5 Å². The fourth-order valence-electron chi connectivity index (χ4n) is 1.91. The second-order valence-corrected chi connectivity index (χ2v) is 5.13. The van der Waals surface area contributed by atoms with E-state index in [4.69, 9.17) is 4.74 Å². The molecule has 88 valence electrons. The molecule has 2 unspecified atom stereocenters. The fourth-order valence-corrected chi connectivity index (χ4v) is 2.68. The third kappa shape index (κ3) is 2.28. The Morgan fingerprint density at radius 1 is 1.38 bits per heavy atom. The minimum atomic E-state index is -0.361. The maximum atomic E-state index is 13.7. The topological polar surface area (TPSA) is 9.23 Å². The molecule has 0 aromatic heterocycles. The van der Waals surface area contributed by atoms with E-state index >= 15 is 0 Å². The van der Waals surface area contributed by atoms with Crippen LogP contribution in [0.1, 0.15) is 22.4 Å². The third-order valence-corrected chi connectivity index (χ3v) is 4.19. The van der Waals surface area contributed by atoms with E-state index in [2.05, 4.69) is 15.9 Å². The number of ether oxygens (including phenoxy) is 1. The molecular formula is C12H13BrF2O. The molecule has 1 fully saturated rings. The van der Waals surface area contributed by atoms with Crippen LogP contribution in [-0.4, -0.2) is 13.2 Å². The monoisotopic (exact) mass is 290 g/mol. The van der Waals surface area contributed by atoms with E-state index < -0.39 is 0 Å². The zero-order chi connectivity index (χ0) is 11.7. The van der Waals surface area contributed by atoms with Crippen LogP contribution in [0.2, 0.25) is 0 Å². The molecule has 0 saturated carbocycles. The number of aryl methyl sites for hydroxylation is 1. The van der Waals surface area contributed by atoms with Gasteiger partial charge in [-0.25, -0.2) is 8.78 Å². The summed E-state index contributed by atoms with van der Waals surface area (Å²) in [5.41, 5.74) is 0.724. The van der Waals surface area contributed by atoms with Crippen molar-refractivity contribution in [2.24, 2.45) is 5.92 Å². The van der Waals surface area contributed by atoms with Crippen LogP contribution in [0, 0.1) is 24.5 Å². The van der Waals surface area contributed by atoms with E-state index in [1.54, 1.807) is 6.92 Å². The highest BCUT2D eigenvalue weighted by Gasteiger charge is 2.27. The molecule has 1 nitrogen and oxygen atoms in total. The van der Waals surface area contributed by atoms with Crippen molar-refractivity contribution in [1.82, 2.24) is 0 Å². The summed E-state index contributed by atoms with van der Waals surface area (Å²) in [7, 11) is 0. The predicted molar refractivity (Wildman–Crippen MR) is 61.7 cm³/mol. The second kappa shape index (κ2) is 4.80. The van der Waals surface area contributed by atoms with Crippen LogP contribution in [0.5, 0.6) is 0 Å². The Morgan fingerprint density at radius 2 is 2.12 bits per heavy atom. The Labute approximate surface area is 102 Å². The van der Waals surface area contributed by atoms with Gasteiger partial charge in [0.05, 0.1) is 6.61 Å². The number of hydrogen-bond acceptors (Lipinski definition) is 1. The van der Waals surface area contributed by atoms with Gasteiger partial charge in [0, 0.05) is 22.9 Å². The van der Waals surface area contributed by atoms with Gasteiger partial charge in [-0.15, -0.1) is 0 Å². The van der Waals surface area contributed by atoms with Crippen molar-refractivity contribution in [3.05, 3.63) is 34.9 Å². The molecule has 1 heterocycles. The quantitative estimate of drug-likeness (QED) is 0.754. The highest BCUT2D eigenvalue weighted by atomic mass is 79.9. The molecule has 1 saturated heterocycles. The van der Waals surface area contributed by atoms with Crippen molar-refractivity contribution in [3.63, 3.8) is 0 Å². The molecule has 1 aliphatic rings. The highest BCUT2D eigenvalue weighted by Crippen LogP contribution is 2.37. The van der Waals surface area contributed by atoms with Crippen LogP contribution < -0.4 is 0 Å². The van der Waals surface area contributed by atoms with Crippen molar-refractivity contribution in [2.45, 2.75) is 18.2 Å². The minimum Gasteiger partial charge on any atom is -0.381 e. The Bertz CT molecular complexity index is 389. The first-order chi connectivity index (χ1) is 7.59. The summed E-state index contributed by atoms with van der Waals surface area (Å²) in [6.07, 6.45) is 0.880. The molecule has 0 aliphatic carbocycles. The average molecular weight is 291 g/mol. The molecule has 0 N–H and O–H groups in total. The lowest BCUT2D eigenvalue weighted by molar-refractivity contribution is 0.185. The van der Waals surface area contributed by atoms with E-state index in [-0.39, 0.29) is 22.4 Å². The van der Waals surface area contributed by atoms with Gasteiger partial charge in [0.15, 0.2) is 0 Å². The molecule has 2 rings (SSSR count). The maximum Gasteiger partial charge on any atom is 0.128 e. The SMILES string of the molecule is Cc1cc(F)c(C(Br)C2CCOC2)cc1F. The van der Waals surface area contributed by atoms with Gasteiger partial charge in [0.25, 0.3) is 0 Å². The summed E-state index contributed by atoms with van der Waals surface area (Å²) < 4.78 is 32.3. The molecule has 0 bridgehead atoms. The number of halogens is 3. The van der Waals surface area contributed by atoms with E-state index in [9.17, 15) is 8.78 Å². The number of benzene rings is 1. The second-order valence-electron chi connectivity index (χ2n) is 4.15. The van der Waals surface area contributed by atoms with Crippen LogP contribution in [0.4, 0.5) is 8.78 Å². The Hall–Kier alpha value is -0.480. The molecule has 0 amide bonds. The zero-order valence-corrected chi connectivity index (χ0v) is 10.6. The first-order valence-corrected chi connectivity index (χ1v) is 6.18. The molecule has 1 aromatic rings. The van der Waals surface area contributed by atoms with Crippen LogP contribution in [0.3, 0.4) is 0 Å².